The van der Waals surface area contributed by atoms with Crippen molar-refractivity contribution >= 4 is 0 Å². The molecule has 1 rings (SSSR count). The zero-order chi connectivity index (χ0) is 9.68. The topological polar surface area (TPSA) is 6.48 Å². The van der Waals surface area contributed by atoms with E-state index >= 15 is 0 Å². The largest absolute Gasteiger partial charge is 0.305 e. The molecule has 0 amide bonds. The van der Waals surface area contributed by atoms with Gasteiger partial charge in [-0.3, -0.25) is 0 Å². The number of nitrogens with zero attached hydrogens (tertiary/aromatic N) is 2. The monoisotopic (exact) mass is 184 g/mol. The van der Waals surface area contributed by atoms with Gasteiger partial charge in [0.1, 0.15) is 0 Å². The van der Waals surface area contributed by atoms with Gasteiger partial charge in [-0.05, 0) is 45.4 Å². The van der Waals surface area contributed by atoms with E-state index in [1.165, 1.54) is 45.6 Å². The normalized spacial score (nSPS) is 21.2. The second-order valence-electron chi connectivity index (χ2n) is 4.42. The van der Waals surface area contributed by atoms with Gasteiger partial charge in [0.25, 0.3) is 0 Å². The first-order valence-corrected chi connectivity index (χ1v) is 5.63. The fraction of sp³-hybridized carbons (Fsp3) is 1.00. The van der Waals surface area contributed by atoms with E-state index in [4.69, 9.17) is 0 Å². The van der Waals surface area contributed by atoms with E-state index < -0.39 is 0 Å². The van der Waals surface area contributed by atoms with Gasteiger partial charge in [0.05, 0.1) is 0 Å². The lowest BCUT2D eigenvalue weighted by atomic mass is 9.99. The molecule has 0 saturated carbocycles. The van der Waals surface area contributed by atoms with Crippen molar-refractivity contribution in [2.24, 2.45) is 5.92 Å². The third-order valence-electron chi connectivity index (χ3n) is 3.21. The molecule has 1 aliphatic rings. The average molecular weight is 184 g/mol. The van der Waals surface area contributed by atoms with Gasteiger partial charge in [-0.1, -0.05) is 13.8 Å². The second kappa shape index (κ2) is 5.61. The highest BCUT2D eigenvalue weighted by atomic mass is 15.2. The third kappa shape index (κ3) is 4.10. The van der Waals surface area contributed by atoms with Crippen LogP contribution in [-0.4, -0.2) is 49.6 Å². The molecule has 0 atom stereocenters. The zero-order valence-electron chi connectivity index (χ0n) is 9.42. The van der Waals surface area contributed by atoms with E-state index in [0.29, 0.717) is 0 Å². The highest BCUT2D eigenvalue weighted by Crippen LogP contribution is 2.15. The summed E-state index contributed by atoms with van der Waals surface area (Å²) in [7, 11) is 2.20. The zero-order valence-corrected chi connectivity index (χ0v) is 9.42. The first-order chi connectivity index (χ1) is 6.22. The van der Waals surface area contributed by atoms with Crippen molar-refractivity contribution < 1.29 is 0 Å². The molecule has 0 aromatic carbocycles. The molecule has 0 aliphatic carbocycles. The maximum atomic E-state index is 2.60. The van der Waals surface area contributed by atoms with Crippen LogP contribution in [0.15, 0.2) is 0 Å². The molecule has 0 aromatic heterocycles. The van der Waals surface area contributed by atoms with Gasteiger partial charge in [0.2, 0.25) is 0 Å². The summed E-state index contributed by atoms with van der Waals surface area (Å²) in [6, 6.07) is 0. The van der Waals surface area contributed by atoms with Gasteiger partial charge in [-0.25, -0.2) is 0 Å². The minimum atomic E-state index is 0.958. The summed E-state index contributed by atoms with van der Waals surface area (Å²) in [5.74, 6) is 0.958. The van der Waals surface area contributed by atoms with Crippen molar-refractivity contribution in [3.8, 4) is 0 Å². The van der Waals surface area contributed by atoms with E-state index in [9.17, 15) is 0 Å². The van der Waals surface area contributed by atoms with Gasteiger partial charge in [-0.2, -0.15) is 0 Å². The molecule has 1 fully saturated rings. The van der Waals surface area contributed by atoms with E-state index in [-0.39, 0.29) is 0 Å². The molecular weight excluding hydrogens is 160 g/mol. The Morgan fingerprint density at radius 3 is 2.46 bits per heavy atom. The number of likely N-dealkylation sites (N-methyl/N-ethyl adjacent to an activating group) is 1. The number of rotatable bonds is 4. The third-order valence-corrected chi connectivity index (χ3v) is 3.21. The van der Waals surface area contributed by atoms with Crippen LogP contribution in [0.25, 0.3) is 0 Å². The molecule has 0 unspecified atom stereocenters. The molecular formula is C11H24N2. The first-order valence-electron chi connectivity index (χ1n) is 5.63. The van der Waals surface area contributed by atoms with Crippen molar-refractivity contribution in [3.63, 3.8) is 0 Å². The van der Waals surface area contributed by atoms with Crippen molar-refractivity contribution in [1.82, 2.24) is 9.80 Å². The van der Waals surface area contributed by atoms with Crippen LogP contribution in [0.1, 0.15) is 26.7 Å². The van der Waals surface area contributed by atoms with Crippen molar-refractivity contribution in [2.45, 2.75) is 26.7 Å². The van der Waals surface area contributed by atoms with Crippen LogP contribution in [-0.2, 0) is 0 Å². The molecule has 0 N–H and O–H groups in total. The van der Waals surface area contributed by atoms with Gasteiger partial charge in [0.15, 0.2) is 0 Å². The Balaban J connectivity index is 2.08. The quantitative estimate of drug-likeness (QED) is 0.656. The van der Waals surface area contributed by atoms with E-state index in [1.54, 1.807) is 0 Å². The Bertz CT molecular complexity index is 128. The van der Waals surface area contributed by atoms with E-state index in [2.05, 4.69) is 30.7 Å². The molecule has 78 valence electrons. The number of hydrogen-bond donors (Lipinski definition) is 0. The highest BCUT2D eigenvalue weighted by Gasteiger charge is 2.14. The van der Waals surface area contributed by atoms with Gasteiger partial charge < -0.3 is 9.80 Å². The Labute approximate surface area is 82.9 Å². The second-order valence-corrected chi connectivity index (χ2v) is 4.42. The summed E-state index contributed by atoms with van der Waals surface area (Å²) < 4.78 is 0. The predicted octanol–water partition coefficient (Wildman–Crippen LogP) is 1.67. The van der Waals surface area contributed by atoms with E-state index in [0.717, 1.165) is 5.92 Å². The van der Waals surface area contributed by atoms with Crippen LogP contribution >= 0.6 is 0 Å². The Hall–Kier alpha value is -0.0800. The number of piperidine rings is 1. The summed E-state index contributed by atoms with van der Waals surface area (Å²) in [6.07, 6.45) is 2.80. The highest BCUT2D eigenvalue weighted by molar-refractivity contribution is 4.69. The van der Waals surface area contributed by atoms with Crippen LogP contribution in [0.2, 0.25) is 0 Å². The van der Waals surface area contributed by atoms with Crippen molar-refractivity contribution in [3.05, 3.63) is 0 Å². The maximum Gasteiger partial charge on any atom is 0.0109 e. The summed E-state index contributed by atoms with van der Waals surface area (Å²) in [5.41, 5.74) is 0. The lowest BCUT2D eigenvalue weighted by molar-refractivity contribution is 0.172. The van der Waals surface area contributed by atoms with Crippen LogP contribution in [0, 0.1) is 5.92 Å². The minimum absolute atomic E-state index is 0.958. The molecule has 1 saturated heterocycles. The SMILES string of the molecule is CCN(C)CCN1CCC(C)CC1. The fourth-order valence-corrected chi connectivity index (χ4v) is 1.76. The molecule has 1 aliphatic heterocycles. The minimum Gasteiger partial charge on any atom is -0.305 e. The lowest BCUT2D eigenvalue weighted by Gasteiger charge is -2.31. The average Bonchev–Trinajstić information content (AvgIpc) is 2.16. The Kier molecular flexibility index (Phi) is 4.74. The predicted molar refractivity (Wildman–Crippen MR) is 58.0 cm³/mol. The van der Waals surface area contributed by atoms with Crippen LogP contribution < -0.4 is 0 Å². The molecule has 0 aromatic rings. The van der Waals surface area contributed by atoms with Crippen molar-refractivity contribution in [1.29, 1.82) is 0 Å². The molecule has 0 bridgehead atoms. The molecule has 0 radical (unpaired) electrons. The summed E-state index contributed by atoms with van der Waals surface area (Å²) in [5, 5.41) is 0. The summed E-state index contributed by atoms with van der Waals surface area (Å²) in [6.45, 7) is 10.9. The van der Waals surface area contributed by atoms with Crippen LogP contribution in [0.4, 0.5) is 0 Å². The molecule has 1 heterocycles. The summed E-state index contributed by atoms with van der Waals surface area (Å²) >= 11 is 0. The maximum absolute atomic E-state index is 2.60. The first kappa shape index (κ1) is 11.0. The number of likely N-dealkylation sites (tertiary alicyclic amines) is 1. The standard InChI is InChI=1S/C11H24N2/c1-4-12(3)9-10-13-7-5-11(2)6-8-13/h11H,4-10H2,1-3H3. The lowest BCUT2D eigenvalue weighted by Crippen LogP contribution is -2.38. The van der Waals surface area contributed by atoms with Gasteiger partial charge in [-0.15, -0.1) is 0 Å². The summed E-state index contributed by atoms with van der Waals surface area (Å²) in [4.78, 5) is 4.99. The molecule has 0 spiro atoms. The molecule has 2 nitrogen and oxygen atoms in total. The Morgan fingerprint density at radius 1 is 1.31 bits per heavy atom. The fourth-order valence-electron chi connectivity index (χ4n) is 1.76. The van der Waals surface area contributed by atoms with Crippen molar-refractivity contribution in [2.75, 3.05) is 39.8 Å². The van der Waals surface area contributed by atoms with E-state index in [1.807, 2.05) is 0 Å². The van der Waals surface area contributed by atoms with Gasteiger partial charge >= 0.3 is 0 Å². The van der Waals surface area contributed by atoms with Gasteiger partial charge in [0, 0.05) is 13.1 Å². The smallest absolute Gasteiger partial charge is 0.0109 e. The number of hydrogen-bond acceptors (Lipinski definition) is 2. The van der Waals surface area contributed by atoms with Crippen LogP contribution in [0.3, 0.4) is 0 Å². The molecule has 13 heavy (non-hydrogen) atoms. The molecule has 2 heteroatoms. The van der Waals surface area contributed by atoms with Crippen LogP contribution in [0.5, 0.6) is 0 Å². The Morgan fingerprint density at radius 2 is 1.92 bits per heavy atom.